The number of hydrogen-bond acceptors (Lipinski definition) is 2. The van der Waals surface area contributed by atoms with Gasteiger partial charge in [0.05, 0.1) is 6.61 Å². The molecule has 2 nitrogen and oxygen atoms in total. The molecular formula is C15H23ClO2. The van der Waals surface area contributed by atoms with Crippen LogP contribution in [0.3, 0.4) is 0 Å². The molecule has 1 aromatic rings. The van der Waals surface area contributed by atoms with Crippen molar-refractivity contribution in [2.24, 2.45) is 5.92 Å². The Labute approximate surface area is 115 Å². The van der Waals surface area contributed by atoms with Gasteiger partial charge < -0.3 is 9.84 Å². The van der Waals surface area contributed by atoms with Crippen LogP contribution in [0.2, 0.25) is 0 Å². The average Bonchev–Trinajstić information content (AvgIpc) is 2.36. The summed E-state index contributed by atoms with van der Waals surface area (Å²) in [7, 11) is 0. The fraction of sp³-hybridized carbons (Fsp3) is 0.600. The Morgan fingerprint density at radius 2 is 1.94 bits per heavy atom. The smallest absolute Gasteiger partial charge is 0.119 e. The third kappa shape index (κ3) is 6.15. The lowest BCUT2D eigenvalue weighted by atomic mass is 9.99. The third-order valence-corrected chi connectivity index (χ3v) is 3.53. The number of ether oxygens (including phenoxy) is 1. The van der Waals surface area contributed by atoms with E-state index in [1.54, 1.807) is 24.3 Å². The van der Waals surface area contributed by atoms with Crippen LogP contribution in [-0.4, -0.2) is 17.1 Å². The van der Waals surface area contributed by atoms with Crippen LogP contribution in [0.25, 0.3) is 0 Å². The van der Waals surface area contributed by atoms with Gasteiger partial charge in [0.15, 0.2) is 0 Å². The Bertz CT molecular complexity index is 324. The number of halogens is 1. The highest BCUT2D eigenvalue weighted by atomic mass is 35.5. The number of aromatic hydroxyl groups is 1. The fourth-order valence-electron chi connectivity index (χ4n) is 1.89. The van der Waals surface area contributed by atoms with Crippen molar-refractivity contribution in [1.82, 2.24) is 0 Å². The molecule has 1 N–H and O–H groups in total. The number of alkyl halides is 1. The molecule has 18 heavy (non-hydrogen) atoms. The van der Waals surface area contributed by atoms with E-state index in [0.29, 0.717) is 17.9 Å². The molecule has 0 fully saturated rings. The van der Waals surface area contributed by atoms with Gasteiger partial charge in [-0.1, -0.05) is 13.8 Å². The molecule has 102 valence electrons. The summed E-state index contributed by atoms with van der Waals surface area (Å²) in [5.74, 6) is 1.73. The molecule has 0 amide bonds. The highest BCUT2D eigenvalue weighted by Crippen LogP contribution is 2.19. The van der Waals surface area contributed by atoms with E-state index >= 15 is 0 Å². The Kier molecular flexibility index (Phi) is 6.96. The van der Waals surface area contributed by atoms with Crippen molar-refractivity contribution in [3.8, 4) is 11.5 Å². The van der Waals surface area contributed by atoms with E-state index in [-0.39, 0.29) is 5.75 Å². The molecule has 0 radical (unpaired) electrons. The van der Waals surface area contributed by atoms with Crippen LogP contribution in [0.4, 0.5) is 0 Å². The van der Waals surface area contributed by atoms with E-state index in [4.69, 9.17) is 21.4 Å². The molecular weight excluding hydrogens is 248 g/mol. The minimum Gasteiger partial charge on any atom is -0.508 e. The lowest BCUT2D eigenvalue weighted by molar-refractivity contribution is 0.291. The minimum absolute atomic E-state index is 0.267. The van der Waals surface area contributed by atoms with Crippen LogP contribution in [0.15, 0.2) is 24.3 Å². The summed E-state index contributed by atoms with van der Waals surface area (Å²) in [6.07, 6.45) is 4.30. The van der Waals surface area contributed by atoms with Crippen molar-refractivity contribution in [1.29, 1.82) is 0 Å². The van der Waals surface area contributed by atoms with Crippen LogP contribution in [0, 0.1) is 5.92 Å². The van der Waals surface area contributed by atoms with Gasteiger partial charge in [-0.2, -0.15) is 0 Å². The van der Waals surface area contributed by atoms with Crippen LogP contribution in [0.5, 0.6) is 11.5 Å². The zero-order valence-corrected chi connectivity index (χ0v) is 12.0. The Morgan fingerprint density at radius 1 is 1.28 bits per heavy atom. The van der Waals surface area contributed by atoms with Gasteiger partial charge in [0.1, 0.15) is 11.5 Å². The van der Waals surface area contributed by atoms with Crippen molar-refractivity contribution in [3.05, 3.63) is 24.3 Å². The summed E-state index contributed by atoms with van der Waals surface area (Å²) in [5, 5.41) is 9.44. The number of hydrogen-bond donors (Lipinski definition) is 1. The van der Waals surface area contributed by atoms with Gasteiger partial charge >= 0.3 is 0 Å². The molecule has 0 spiro atoms. The molecule has 0 aliphatic heterocycles. The van der Waals surface area contributed by atoms with Crippen molar-refractivity contribution in [2.45, 2.75) is 44.9 Å². The van der Waals surface area contributed by atoms with Gasteiger partial charge in [-0.25, -0.2) is 0 Å². The lowest BCUT2D eigenvalue weighted by Gasteiger charge is -2.14. The normalized spacial score (nSPS) is 14.2. The summed E-state index contributed by atoms with van der Waals surface area (Å²) in [6, 6.07) is 6.84. The summed E-state index contributed by atoms with van der Waals surface area (Å²) >= 11 is 6.13. The van der Waals surface area contributed by atoms with E-state index in [2.05, 4.69) is 13.8 Å². The predicted octanol–water partition coefficient (Wildman–Crippen LogP) is 4.59. The highest BCUT2D eigenvalue weighted by Gasteiger charge is 2.08. The van der Waals surface area contributed by atoms with Crippen molar-refractivity contribution in [2.75, 3.05) is 6.61 Å². The topological polar surface area (TPSA) is 29.5 Å². The number of rotatable bonds is 8. The van der Waals surface area contributed by atoms with Gasteiger partial charge in [-0.3, -0.25) is 0 Å². The van der Waals surface area contributed by atoms with Crippen LogP contribution in [0.1, 0.15) is 39.5 Å². The molecule has 0 saturated carbocycles. The van der Waals surface area contributed by atoms with Gasteiger partial charge in [0.2, 0.25) is 0 Å². The second-order valence-electron chi connectivity index (χ2n) is 4.83. The number of benzene rings is 1. The molecule has 0 bridgehead atoms. The molecule has 3 heteroatoms. The number of phenolic OH excluding ortho intramolecular Hbond substituents is 1. The van der Waals surface area contributed by atoms with Crippen molar-refractivity contribution < 1.29 is 9.84 Å². The largest absolute Gasteiger partial charge is 0.508 e. The zero-order valence-electron chi connectivity index (χ0n) is 11.2. The van der Waals surface area contributed by atoms with Gasteiger partial charge in [-0.15, -0.1) is 11.6 Å². The number of phenols is 1. The highest BCUT2D eigenvalue weighted by molar-refractivity contribution is 6.20. The predicted molar refractivity (Wildman–Crippen MR) is 76.5 cm³/mol. The molecule has 1 rings (SSSR count). The van der Waals surface area contributed by atoms with E-state index in [1.807, 2.05) is 0 Å². The average molecular weight is 271 g/mol. The molecule has 0 saturated heterocycles. The first-order chi connectivity index (χ1) is 8.61. The molecule has 0 aliphatic carbocycles. The van der Waals surface area contributed by atoms with Crippen molar-refractivity contribution in [3.63, 3.8) is 0 Å². The molecule has 0 heterocycles. The molecule has 2 atom stereocenters. The van der Waals surface area contributed by atoms with E-state index in [0.717, 1.165) is 31.4 Å². The van der Waals surface area contributed by atoms with Crippen LogP contribution >= 0.6 is 11.6 Å². The summed E-state index contributed by atoms with van der Waals surface area (Å²) in [4.78, 5) is 0. The maximum atomic E-state index is 9.14. The van der Waals surface area contributed by atoms with Crippen LogP contribution < -0.4 is 4.74 Å². The standard InChI is InChI=1S/C15H23ClO2/c1-3-13(16)11-12(2)5-4-10-18-15-8-6-14(17)7-9-15/h6-9,12-13,17H,3-5,10-11H2,1-2H3/t12-,13?/m1/s1. The summed E-state index contributed by atoms with van der Waals surface area (Å²) < 4.78 is 5.60. The quantitative estimate of drug-likeness (QED) is 0.553. The van der Waals surface area contributed by atoms with Gasteiger partial charge in [0, 0.05) is 5.38 Å². The monoisotopic (exact) mass is 270 g/mol. The lowest BCUT2D eigenvalue weighted by Crippen LogP contribution is -2.07. The third-order valence-electron chi connectivity index (χ3n) is 3.05. The Balaban J connectivity index is 2.13. The first-order valence-electron chi connectivity index (χ1n) is 6.67. The minimum atomic E-state index is 0.267. The van der Waals surface area contributed by atoms with Crippen molar-refractivity contribution >= 4 is 11.6 Å². The van der Waals surface area contributed by atoms with Crippen LogP contribution in [-0.2, 0) is 0 Å². The Morgan fingerprint density at radius 3 is 2.56 bits per heavy atom. The maximum absolute atomic E-state index is 9.14. The SMILES string of the molecule is CCC(Cl)C[C@H](C)CCCOc1ccc(O)cc1. The second-order valence-corrected chi connectivity index (χ2v) is 5.45. The second kappa shape index (κ2) is 8.25. The van der Waals surface area contributed by atoms with E-state index < -0.39 is 0 Å². The fourth-order valence-corrected chi connectivity index (χ4v) is 2.19. The summed E-state index contributed by atoms with van der Waals surface area (Å²) in [6.45, 7) is 5.08. The molecule has 1 aromatic carbocycles. The zero-order chi connectivity index (χ0) is 13.4. The Hall–Kier alpha value is -0.890. The van der Waals surface area contributed by atoms with Gasteiger partial charge in [-0.05, 0) is 55.9 Å². The molecule has 0 aromatic heterocycles. The van der Waals surface area contributed by atoms with Gasteiger partial charge in [0.25, 0.3) is 0 Å². The molecule has 1 unspecified atom stereocenters. The maximum Gasteiger partial charge on any atom is 0.119 e. The van der Waals surface area contributed by atoms with E-state index in [1.165, 1.54) is 0 Å². The summed E-state index contributed by atoms with van der Waals surface area (Å²) in [5.41, 5.74) is 0. The molecule has 0 aliphatic rings. The first kappa shape index (κ1) is 15.2. The van der Waals surface area contributed by atoms with E-state index in [9.17, 15) is 0 Å². The first-order valence-corrected chi connectivity index (χ1v) is 7.11.